The Balaban J connectivity index is 3.76. The number of rotatable bonds is 7. The van der Waals surface area contributed by atoms with Crippen LogP contribution in [0.1, 0.15) is 41.0 Å². The van der Waals surface area contributed by atoms with Crippen LogP contribution in [0.2, 0.25) is 0 Å². The van der Waals surface area contributed by atoms with Crippen molar-refractivity contribution in [2.75, 3.05) is 6.54 Å². The lowest BCUT2D eigenvalue weighted by Gasteiger charge is -2.25. The Bertz CT molecular complexity index is 141. The molecule has 0 spiro atoms. The molecule has 14 heavy (non-hydrogen) atoms. The second kappa shape index (κ2) is 7.55. The van der Waals surface area contributed by atoms with Crippen molar-refractivity contribution in [3.05, 3.63) is 0 Å². The van der Waals surface area contributed by atoms with Gasteiger partial charge in [0.15, 0.2) is 0 Å². The molecule has 0 aromatic rings. The summed E-state index contributed by atoms with van der Waals surface area (Å²) < 4.78 is 0. The molecule has 2 N–H and O–H groups in total. The van der Waals surface area contributed by atoms with Gasteiger partial charge < -0.3 is 10.4 Å². The van der Waals surface area contributed by atoms with Crippen LogP contribution < -0.4 is 5.32 Å². The fourth-order valence-corrected chi connectivity index (χ4v) is 2.34. The summed E-state index contributed by atoms with van der Waals surface area (Å²) in [6.07, 6.45) is 0.953. The predicted octanol–water partition coefficient (Wildman–Crippen LogP) is 2.27. The fraction of sp³-hybridized carbons (Fsp3) is 1.00. The van der Waals surface area contributed by atoms with Crippen LogP contribution >= 0.6 is 11.8 Å². The van der Waals surface area contributed by atoms with Gasteiger partial charge in [-0.25, -0.2) is 0 Å². The quantitative estimate of drug-likeness (QED) is 0.689. The van der Waals surface area contributed by atoms with E-state index in [1.807, 2.05) is 18.7 Å². The van der Waals surface area contributed by atoms with E-state index in [0.29, 0.717) is 16.5 Å². The molecule has 4 atom stereocenters. The maximum atomic E-state index is 9.39. The first-order valence-electron chi connectivity index (χ1n) is 5.56. The highest BCUT2D eigenvalue weighted by Gasteiger charge is 2.17. The second-order valence-corrected chi connectivity index (χ2v) is 5.79. The summed E-state index contributed by atoms with van der Waals surface area (Å²) in [5.41, 5.74) is 0. The van der Waals surface area contributed by atoms with Crippen molar-refractivity contribution >= 4 is 11.8 Å². The molecule has 86 valence electrons. The van der Waals surface area contributed by atoms with E-state index >= 15 is 0 Å². The highest BCUT2D eigenvalue weighted by molar-refractivity contribution is 8.00. The first kappa shape index (κ1) is 14.3. The minimum atomic E-state index is -0.221. The molecule has 0 heterocycles. The van der Waals surface area contributed by atoms with E-state index in [1.165, 1.54) is 6.42 Å². The van der Waals surface area contributed by atoms with Gasteiger partial charge in [-0.1, -0.05) is 20.8 Å². The van der Waals surface area contributed by atoms with Crippen LogP contribution in [-0.2, 0) is 0 Å². The minimum Gasteiger partial charge on any atom is -0.392 e. The maximum absolute atomic E-state index is 9.39. The van der Waals surface area contributed by atoms with E-state index in [4.69, 9.17) is 0 Å². The molecule has 3 heteroatoms. The van der Waals surface area contributed by atoms with Gasteiger partial charge in [0.25, 0.3) is 0 Å². The van der Waals surface area contributed by atoms with Gasteiger partial charge in [0, 0.05) is 16.5 Å². The van der Waals surface area contributed by atoms with Crippen molar-refractivity contribution in [2.24, 2.45) is 0 Å². The smallest absolute Gasteiger partial charge is 0.0628 e. The molecule has 0 aliphatic heterocycles. The molecule has 0 aliphatic rings. The Morgan fingerprint density at radius 1 is 1.14 bits per heavy atom. The molecule has 4 unspecified atom stereocenters. The molecular weight excluding hydrogens is 194 g/mol. The molecule has 0 saturated carbocycles. The van der Waals surface area contributed by atoms with Crippen molar-refractivity contribution in [2.45, 2.75) is 63.7 Å². The van der Waals surface area contributed by atoms with Crippen molar-refractivity contribution in [1.29, 1.82) is 0 Å². The van der Waals surface area contributed by atoms with Crippen LogP contribution in [0.5, 0.6) is 0 Å². The Kier molecular flexibility index (Phi) is 7.69. The summed E-state index contributed by atoms with van der Waals surface area (Å²) in [4.78, 5) is 0. The van der Waals surface area contributed by atoms with E-state index < -0.39 is 0 Å². The van der Waals surface area contributed by atoms with Gasteiger partial charge >= 0.3 is 0 Å². The molecule has 0 aromatic carbocycles. The highest BCUT2D eigenvalue weighted by Crippen LogP contribution is 2.22. The summed E-state index contributed by atoms with van der Waals surface area (Å²) in [7, 11) is 0. The van der Waals surface area contributed by atoms with Gasteiger partial charge in [-0.05, 0) is 26.8 Å². The average Bonchev–Trinajstić information content (AvgIpc) is 2.13. The van der Waals surface area contributed by atoms with Gasteiger partial charge in [0.2, 0.25) is 0 Å². The van der Waals surface area contributed by atoms with E-state index in [2.05, 4.69) is 33.0 Å². The van der Waals surface area contributed by atoms with E-state index in [0.717, 1.165) is 6.54 Å². The number of hydrogen-bond donors (Lipinski definition) is 2. The lowest BCUT2D eigenvalue weighted by Crippen LogP contribution is -2.36. The summed E-state index contributed by atoms with van der Waals surface area (Å²) in [5.74, 6) is 0. The SMILES string of the molecule is CCCNC(C)C(C)SC(C)C(C)O. The largest absolute Gasteiger partial charge is 0.392 e. The zero-order valence-corrected chi connectivity index (χ0v) is 10.9. The maximum Gasteiger partial charge on any atom is 0.0628 e. The number of nitrogens with one attached hydrogen (secondary N) is 1. The molecule has 2 nitrogen and oxygen atoms in total. The molecule has 0 rings (SSSR count). The van der Waals surface area contributed by atoms with Crippen LogP contribution in [0.15, 0.2) is 0 Å². The van der Waals surface area contributed by atoms with E-state index in [9.17, 15) is 5.11 Å². The first-order chi connectivity index (χ1) is 6.49. The van der Waals surface area contributed by atoms with Gasteiger partial charge in [-0.3, -0.25) is 0 Å². The third-order valence-electron chi connectivity index (χ3n) is 2.53. The molecule has 0 fully saturated rings. The number of hydrogen-bond acceptors (Lipinski definition) is 3. The topological polar surface area (TPSA) is 32.3 Å². The van der Waals surface area contributed by atoms with Crippen LogP contribution in [-0.4, -0.2) is 34.3 Å². The second-order valence-electron chi connectivity index (χ2n) is 4.03. The standard InChI is InChI=1S/C11H25NOS/c1-6-7-12-8(2)10(4)14-11(5)9(3)13/h8-13H,6-7H2,1-5H3. The minimum absolute atomic E-state index is 0.221. The molecule has 0 aromatic heterocycles. The molecule has 0 amide bonds. The van der Waals surface area contributed by atoms with Gasteiger partial charge in [-0.15, -0.1) is 0 Å². The summed E-state index contributed by atoms with van der Waals surface area (Å²) in [5, 5.41) is 13.7. The Hall–Kier alpha value is 0.270. The van der Waals surface area contributed by atoms with Crippen LogP contribution in [0.25, 0.3) is 0 Å². The molecule has 0 saturated heterocycles. The lowest BCUT2D eigenvalue weighted by atomic mass is 10.2. The zero-order chi connectivity index (χ0) is 11.1. The zero-order valence-electron chi connectivity index (χ0n) is 10.1. The number of aliphatic hydroxyl groups excluding tert-OH is 1. The highest BCUT2D eigenvalue weighted by atomic mass is 32.2. The predicted molar refractivity (Wildman–Crippen MR) is 66.0 cm³/mol. The van der Waals surface area contributed by atoms with Crippen LogP contribution in [0.4, 0.5) is 0 Å². The molecule has 0 radical (unpaired) electrons. The van der Waals surface area contributed by atoms with Gasteiger partial charge in [0.1, 0.15) is 0 Å². The monoisotopic (exact) mass is 219 g/mol. The summed E-state index contributed by atoms with van der Waals surface area (Å²) in [6.45, 7) is 11.6. The molecular formula is C11H25NOS. The summed E-state index contributed by atoms with van der Waals surface area (Å²) in [6, 6.07) is 0.515. The van der Waals surface area contributed by atoms with Crippen molar-refractivity contribution < 1.29 is 5.11 Å². The normalized spacial score (nSPS) is 20.1. The van der Waals surface area contributed by atoms with E-state index in [-0.39, 0.29) is 6.10 Å². The molecule has 0 aliphatic carbocycles. The summed E-state index contributed by atoms with van der Waals surface area (Å²) >= 11 is 1.85. The van der Waals surface area contributed by atoms with Gasteiger partial charge in [0.05, 0.1) is 6.10 Å². The first-order valence-corrected chi connectivity index (χ1v) is 6.50. The van der Waals surface area contributed by atoms with Crippen molar-refractivity contribution in [3.63, 3.8) is 0 Å². The number of thioether (sulfide) groups is 1. The van der Waals surface area contributed by atoms with Crippen molar-refractivity contribution in [3.8, 4) is 0 Å². The Morgan fingerprint density at radius 3 is 2.14 bits per heavy atom. The third-order valence-corrected chi connectivity index (χ3v) is 4.19. The Morgan fingerprint density at radius 2 is 1.71 bits per heavy atom. The van der Waals surface area contributed by atoms with Crippen molar-refractivity contribution in [1.82, 2.24) is 5.32 Å². The Labute approximate surface area is 92.9 Å². The fourth-order valence-electron chi connectivity index (χ4n) is 1.11. The average molecular weight is 219 g/mol. The van der Waals surface area contributed by atoms with Crippen LogP contribution in [0, 0.1) is 0 Å². The van der Waals surface area contributed by atoms with Crippen LogP contribution in [0.3, 0.4) is 0 Å². The lowest BCUT2D eigenvalue weighted by molar-refractivity contribution is 0.196. The number of aliphatic hydroxyl groups is 1. The van der Waals surface area contributed by atoms with Gasteiger partial charge in [-0.2, -0.15) is 11.8 Å². The third kappa shape index (κ3) is 5.89. The molecule has 0 bridgehead atoms. The van der Waals surface area contributed by atoms with E-state index in [1.54, 1.807) is 0 Å².